The summed E-state index contributed by atoms with van der Waals surface area (Å²) >= 11 is 0. The molecule has 0 aliphatic carbocycles. The van der Waals surface area contributed by atoms with Crippen LogP contribution in [0.25, 0.3) is 0 Å². The molecular formula is C5H10FN3O2S. The molecule has 0 bridgehead atoms. The minimum Gasteiger partial charge on any atom is -0.258 e. The van der Waals surface area contributed by atoms with Gasteiger partial charge in [0.15, 0.2) is 0 Å². The van der Waals surface area contributed by atoms with E-state index in [1.165, 1.54) is 7.05 Å². The second kappa shape index (κ2) is 4.24. The minimum absolute atomic E-state index is 0.466. The molecule has 0 saturated carbocycles. The van der Waals surface area contributed by atoms with E-state index >= 15 is 0 Å². The first-order valence-electron chi connectivity index (χ1n) is 3.09. The summed E-state index contributed by atoms with van der Waals surface area (Å²) in [5, 5.41) is 5.67. The van der Waals surface area contributed by atoms with Gasteiger partial charge in [-0.3, -0.25) is 4.99 Å². The molecule has 0 aromatic rings. The van der Waals surface area contributed by atoms with Crippen LogP contribution in [0.5, 0.6) is 0 Å². The SMILES string of the molecule is C/N=C(\N=N/C(C)F)S(C)(=O)=O. The molecule has 12 heavy (non-hydrogen) atoms. The monoisotopic (exact) mass is 195 g/mol. The van der Waals surface area contributed by atoms with Crippen LogP contribution in [0.3, 0.4) is 0 Å². The zero-order valence-corrected chi connectivity index (χ0v) is 7.84. The van der Waals surface area contributed by atoms with E-state index in [9.17, 15) is 12.8 Å². The first kappa shape index (κ1) is 11.2. The van der Waals surface area contributed by atoms with Gasteiger partial charge in [-0.1, -0.05) is 0 Å². The Morgan fingerprint density at radius 2 is 2.00 bits per heavy atom. The molecule has 0 N–H and O–H groups in total. The van der Waals surface area contributed by atoms with Crippen LogP contribution >= 0.6 is 0 Å². The maximum Gasteiger partial charge on any atom is 0.261 e. The quantitative estimate of drug-likeness (QED) is 0.268. The van der Waals surface area contributed by atoms with E-state index in [1.54, 1.807) is 0 Å². The fourth-order valence-corrected chi connectivity index (χ4v) is 0.941. The fraction of sp³-hybridized carbons (Fsp3) is 0.800. The van der Waals surface area contributed by atoms with Gasteiger partial charge in [0.25, 0.3) is 5.17 Å². The molecule has 0 heterocycles. The molecular weight excluding hydrogens is 185 g/mol. The number of halogens is 1. The van der Waals surface area contributed by atoms with Gasteiger partial charge in [0.05, 0.1) is 0 Å². The third kappa shape index (κ3) is 4.12. The Hall–Kier alpha value is -0.850. The van der Waals surface area contributed by atoms with Gasteiger partial charge in [-0.25, -0.2) is 12.8 Å². The lowest BCUT2D eigenvalue weighted by atomic mass is 10.8. The molecule has 0 aliphatic heterocycles. The maximum absolute atomic E-state index is 12.1. The van der Waals surface area contributed by atoms with Crippen LogP contribution in [0, 0.1) is 0 Å². The molecule has 0 aliphatic rings. The summed E-state index contributed by atoms with van der Waals surface area (Å²) < 4.78 is 33.6. The Bertz CT molecular complexity index is 294. The van der Waals surface area contributed by atoms with E-state index in [-0.39, 0.29) is 0 Å². The average molecular weight is 195 g/mol. The number of amidine groups is 1. The summed E-state index contributed by atoms with van der Waals surface area (Å²) in [6.45, 7) is 1.14. The van der Waals surface area contributed by atoms with Crippen LogP contribution < -0.4 is 0 Å². The molecule has 0 aromatic heterocycles. The summed E-state index contributed by atoms with van der Waals surface area (Å²) in [6, 6.07) is 0. The summed E-state index contributed by atoms with van der Waals surface area (Å²) in [4.78, 5) is 3.33. The van der Waals surface area contributed by atoms with Gasteiger partial charge in [0, 0.05) is 13.3 Å². The molecule has 1 atom stereocenters. The van der Waals surface area contributed by atoms with Gasteiger partial charge < -0.3 is 0 Å². The van der Waals surface area contributed by atoms with Crippen molar-refractivity contribution in [3.8, 4) is 0 Å². The number of sulfone groups is 1. The van der Waals surface area contributed by atoms with Crippen LogP contribution in [-0.2, 0) is 9.84 Å². The van der Waals surface area contributed by atoms with Crippen LogP contribution in [0.4, 0.5) is 4.39 Å². The molecule has 0 fully saturated rings. The minimum atomic E-state index is -3.49. The van der Waals surface area contributed by atoms with E-state index in [4.69, 9.17) is 0 Å². The smallest absolute Gasteiger partial charge is 0.258 e. The third-order valence-electron chi connectivity index (χ3n) is 0.825. The fourth-order valence-electron chi connectivity index (χ4n) is 0.414. The van der Waals surface area contributed by atoms with Gasteiger partial charge >= 0.3 is 0 Å². The first-order chi connectivity index (χ1) is 5.38. The highest BCUT2D eigenvalue weighted by molar-refractivity contribution is 8.05. The van der Waals surface area contributed by atoms with Gasteiger partial charge in [-0.15, -0.1) is 10.2 Å². The van der Waals surface area contributed by atoms with Crippen molar-refractivity contribution in [1.29, 1.82) is 0 Å². The summed E-state index contributed by atoms with van der Waals surface area (Å²) in [5.41, 5.74) is 0. The molecule has 1 unspecified atom stereocenters. The van der Waals surface area contributed by atoms with E-state index < -0.39 is 21.3 Å². The molecule has 0 rings (SSSR count). The van der Waals surface area contributed by atoms with E-state index in [0.29, 0.717) is 0 Å². The maximum atomic E-state index is 12.1. The predicted molar refractivity (Wildman–Crippen MR) is 43.6 cm³/mol. The second-order valence-corrected chi connectivity index (χ2v) is 3.98. The van der Waals surface area contributed by atoms with Crippen molar-refractivity contribution in [2.75, 3.05) is 13.3 Å². The summed E-state index contributed by atoms with van der Waals surface area (Å²) in [7, 11) is -2.24. The van der Waals surface area contributed by atoms with Gasteiger partial charge in [-0.05, 0) is 6.92 Å². The van der Waals surface area contributed by atoms with Crippen LogP contribution in [-0.4, -0.2) is 33.2 Å². The van der Waals surface area contributed by atoms with E-state index in [2.05, 4.69) is 15.2 Å². The van der Waals surface area contributed by atoms with Crippen molar-refractivity contribution in [2.24, 2.45) is 15.2 Å². The number of azo groups is 1. The zero-order chi connectivity index (χ0) is 9.78. The Balaban J connectivity index is 4.66. The molecule has 5 nitrogen and oxygen atoms in total. The Morgan fingerprint density at radius 1 is 1.50 bits per heavy atom. The topological polar surface area (TPSA) is 71.2 Å². The number of rotatable bonds is 1. The normalized spacial score (nSPS) is 16.8. The van der Waals surface area contributed by atoms with E-state index in [1.807, 2.05) is 0 Å². The molecule has 0 spiro atoms. The number of alkyl halides is 1. The van der Waals surface area contributed by atoms with Gasteiger partial charge in [0.2, 0.25) is 16.1 Å². The molecule has 7 heteroatoms. The number of aliphatic imine (C=N–C) groups is 1. The lowest BCUT2D eigenvalue weighted by molar-refractivity contribution is 0.364. The number of hydrogen-bond acceptors (Lipinski definition) is 4. The lowest BCUT2D eigenvalue weighted by Crippen LogP contribution is -2.09. The molecule has 0 aromatic carbocycles. The highest BCUT2D eigenvalue weighted by atomic mass is 32.2. The standard InChI is InChI=1S/C5H10FN3O2S/c1-4(6)8-9-5(7-2)12(3,10)11/h4H,1-3H3/b7-5+,9-8-. The van der Waals surface area contributed by atoms with Crippen molar-refractivity contribution in [3.05, 3.63) is 0 Å². The molecule has 70 valence electrons. The van der Waals surface area contributed by atoms with E-state index in [0.717, 1.165) is 13.2 Å². The Kier molecular flexibility index (Phi) is 3.94. The number of hydrogen-bond donors (Lipinski definition) is 0. The van der Waals surface area contributed by atoms with Crippen LogP contribution in [0.15, 0.2) is 15.2 Å². The average Bonchev–Trinajstić information content (AvgIpc) is 1.85. The highest BCUT2D eigenvalue weighted by Crippen LogP contribution is 1.97. The lowest BCUT2D eigenvalue weighted by Gasteiger charge is -1.93. The zero-order valence-electron chi connectivity index (χ0n) is 7.02. The van der Waals surface area contributed by atoms with Crippen molar-refractivity contribution < 1.29 is 12.8 Å². The summed E-state index contributed by atoms with van der Waals surface area (Å²) in [6.07, 6.45) is -0.597. The largest absolute Gasteiger partial charge is 0.261 e. The molecule has 0 radical (unpaired) electrons. The highest BCUT2D eigenvalue weighted by Gasteiger charge is 2.11. The Morgan fingerprint density at radius 3 is 2.25 bits per heavy atom. The van der Waals surface area contributed by atoms with Gasteiger partial charge in [0.1, 0.15) is 0 Å². The third-order valence-corrected chi connectivity index (χ3v) is 1.75. The summed E-state index contributed by atoms with van der Waals surface area (Å²) in [5.74, 6) is 0. The van der Waals surface area contributed by atoms with Gasteiger partial charge in [-0.2, -0.15) is 0 Å². The predicted octanol–water partition coefficient (Wildman–Crippen LogP) is 0.785. The van der Waals surface area contributed by atoms with Crippen LogP contribution in [0.2, 0.25) is 0 Å². The van der Waals surface area contributed by atoms with Crippen LogP contribution in [0.1, 0.15) is 6.92 Å². The first-order valence-corrected chi connectivity index (χ1v) is 4.99. The van der Waals surface area contributed by atoms with Crippen molar-refractivity contribution >= 4 is 15.0 Å². The molecule has 0 saturated heterocycles. The van der Waals surface area contributed by atoms with Crippen molar-refractivity contribution in [2.45, 2.75) is 13.2 Å². The second-order valence-electron chi connectivity index (χ2n) is 2.07. The van der Waals surface area contributed by atoms with Crippen molar-refractivity contribution in [1.82, 2.24) is 0 Å². The molecule has 0 amide bonds. The number of nitrogens with zero attached hydrogens (tertiary/aromatic N) is 3. The Labute approximate surface area is 70.3 Å². The van der Waals surface area contributed by atoms with Crippen molar-refractivity contribution in [3.63, 3.8) is 0 Å².